The van der Waals surface area contributed by atoms with Crippen LogP contribution in [0.2, 0.25) is 0 Å². The lowest BCUT2D eigenvalue weighted by Crippen LogP contribution is -2.18. The molecular formula is C20H23FN6O. The van der Waals surface area contributed by atoms with Gasteiger partial charge in [-0.1, -0.05) is 0 Å². The molecule has 0 aliphatic rings. The molecule has 2 N–H and O–H groups in total. The number of amides is 1. The lowest BCUT2D eigenvalue weighted by atomic mass is 10.00. The highest BCUT2D eigenvalue weighted by Gasteiger charge is 2.12. The van der Waals surface area contributed by atoms with Crippen molar-refractivity contribution in [3.05, 3.63) is 64.5 Å². The number of rotatable bonds is 6. The Morgan fingerprint density at radius 1 is 1.14 bits per heavy atom. The van der Waals surface area contributed by atoms with E-state index in [4.69, 9.17) is 0 Å². The van der Waals surface area contributed by atoms with E-state index in [0.717, 1.165) is 16.9 Å². The predicted octanol–water partition coefficient (Wildman–Crippen LogP) is 2.85. The lowest BCUT2D eigenvalue weighted by Gasteiger charge is -2.10. The van der Waals surface area contributed by atoms with Crippen LogP contribution in [0.25, 0.3) is 0 Å². The molecule has 0 fully saturated rings. The van der Waals surface area contributed by atoms with Gasteiger partial charge in [-0.25, -0.2) is 14.4 Å². The first-order valence-electron chi connectivity index (χ1n) is 8.96. The third-order valence-electron chi connectivity index (χ3n) is 4.69. The standard InChI is InChI=1S/C20H23FN6O/c1-12-7-16(19(28)22-3)8-15(18(12)21)6-5-14-9-23-20(24-10-14)26-17-11-25-27(4)13(17)2/h7-11H,5-6H2,1-4H3,(H,22,28)(H,23,24,26). The van der Waals surface area contributed by atoms with E-state index in [1.807, 2.05) is 14.0 Å². The molecule has 0 aliphatic carbocycles. The van der Waals surface area contributed by atoms with Gasteiger partial charge in [0.25, 0.3) is 5.91 Å². The number of aromatic nitrogens is 4. The largest absolute Gasteiger partial charge is 0.355 e. The number of anilines is 2. The second kappa shape index (κ2) is 8.16. The van der Waals surface area contributed by atoms with Crippen molar-refractivity contribution in [3.63, 3.8) is 0 Å². The van der Waals surface area contributed by atoms with Gasteiger partial charge >= 0.3 is 0 Å². The Hall–Kier alpha value is -3.29. The Morgan fingerprint density at radius 3 is 2.46 bits per heavy atom. The summed E-state index contributed by atoms with van der Waals surface area (Å²) >= 11 is 0. The molecule has 8 heteroatoms. The normalized spacial score (nSPS) is 10.8. The van der Waals surface area contributed by atoms with Crippen molar-refractivity contribution in [3.8, 4) is 0 Å². The molecule has 28 heavy (non-hydrogen) atoms. The van der Waals surface area contributed by atoms with E-state index in [1.165, 1.54) is 0 Å². The van der Waals surface area contributed by atoms with E-state index >= 15 is 0 Å². The maximum atomic E-state index is 14.4. The van der Waals surface area contributed by atoms with Crippen molar-refractivity contribution < 1.29 is 9.18 Å². The van der Waals surface area contributed by atoms with Gasteiger partial charge in [-0.2, -0.15) is 5.10 Å². The molecule has 0 bridgehead atoms. The zero-order chi connectivity index (χ0) is 20.3. The van der Waals surface area contributed by atoms with Crippen LogP contribution in [0.4, 0.5) is 16.0 Å². The molecule has 3 rings (SSSR count). The van der Waals surface area contributed by atoms with Crippen LogP contribution >= 0.6 is 0 Å². The molecular weight excluding hydrogens is 359 g/mol. The molecule has 7 nitrogen and oxygen atoms in total. The molecule has 146 valence electrons. The first kappa shape index (κ1) is 19.5. The smallest absolute Gasteiger partial charge is 0.251 e. The average Bonchev–Trinajstić information content (AvgIpc) is 3.01. The molecule has 2 aromatic heterocycles. The zero-order valence-corrected chi connectivity index (χ0v) is 16.4. The van der Waals surface area contributed by atoms with E-state index < -0.39 is 0 Å². The molecule has 3 aromatic rings. The van der Waals surface area contributed by atoms with Gasteiger partial charge in [0.15, 0.2) is 0 Å². The van der Waals surface area contributed by atoms with Crippen LogP contribution < -0.4 is 10.6 Å². The molecule has 0 unspecified atom stereocenters. The summed E-state index contributed by atoms with van der Waals surface area (Å²) in [5.74, 6) is -0.0313. The van der Waals surface area contributed by atoms with E-state index in [-0.39, 0.29) is 11.7 Å². The first-order valence-corrected chi connectivity index (χ1v) is 8.96. The number of hydrogen-bond donors (Lipinski definition) is 2. The second-order valence-corrected chi connectivity index (χ2v) is 6.65. The number of benzene rings is 1. The Kier molecular flexibility index (Phi) is 5.67. The number of nitrogens with zero attached hydrogens (tertiary/aromatic N) is 4. The summed E-state index contributed by atoms with van der Waals surface area (Å²) in [6.07, 6.45) is 6.18. The Bertz CT molecular complexity index is 997. The minimum Gasteiger partial charge on any atom is -0.355 e. The van der Waals surface area contributed by atoms with Gasteiger partial charge in [0.05, 0.1) is 17.6 Å². The number of carbonyl (C=O) groups is 1. The van der Waals surface area contributed by atoms with E-state index in [9.17, 15) is 9.18 Å². The third-order valence-corrected chi connectivity index (χ3v) is 4.69. The average molecular weight is 382 g/mol. The summed E-state index contributed by atoms with van der Waals surface area (Å²) in [5, 5.41) is 9.86. The topological polar surface area (TPSA) is 84.7 Å². The van der Waals surface area contributed by atoms with Gasteiger partial charge < -0.3 is 10.6 Å². The fourth-order valence-corrected chi connectivity index (χ4v) is 2.87. The van der Waals surface area contributed by atoms with Crippen molar-refractivity contribution in [1.82, 2.24) is 25.1 Å². The maximum Gasteiger partial charge on any atom is 0.251 e. The number of aryl methyl sites for hydroxylation is 4. The van der Waals surface area contributed by atoms with E-state index in [1.54, 1.807) is 49.4 Å². The first-order chi connectivity index (χ1) is 13.4. The van der Waals surface area contributed by atoms with Crippen molar-refractivity contribution in [2.24, 2.45) is 7.05 Å². The number of carbonyl (C=O) groups excluding carboxylic acids is 1. The van der Waals surface area contributed by atoms with Crippen LogP contribution in [-0.2, 0) is 19.9 Å². The molecule has 0 saturated heterocycles. The molecule has 0 saturated carbocycles. The van der Waals surface area contributed by atoms with E-state index in [0.29, 0.717) is 35.5 Å². The lowest BCUT2D eigenvalue weighted by molar-refractivity contribution is 0.0963. The van der Waals surface area contributed by atoms with Gasteiger partial charge in [0.1, 0.15) is 5.82 Å². The molecule has 1 amide bonds. The molecule has 0 aliphatic heterocycles. The Labute approximate surface area is 163 Å². The SMILES string of the molecule is CNC(=O)c1cc(C)c(F)c(CCc2cnc(Nc3cnn(C)c3C)nc2)c1. The molecule has 2 heterocycles. The van der Waals surface area contributed by atoms with Gasteiger partial charge in [0, 0.05) is 32.1 Å². The molecule has 0 atom stereocenters. The van der Waals surface area contributed by atoms with Gasteiger partial charge in [-0.15, -0.1) is 0 Å². The quantitative estimate of drug-likeness (QED) is 0.685. The highest BCUT2D eigenvalue weighted by atomic mass is 19.1. The zero-order valence-electron chi connectivity index (χ0n) is 16.4. The highest BCUT2D eigenvalue weighted by Crippen LogP contribution is 2.19. The van der Waals surface area contributed by atoms with Gasteiger partial charge in [-0.05, 0) is 55.5 Å². The van der Waals surface area contributed by atoms with Gasteiger partial charge in [0.2, 0.25) is 5.95 Å². The molecule has 0 radical (unpaired) electrons. The maximum absolute atomic E-state index is 14.4. The number of hydrogen-bond acceptors (Lipinski definition) is 5. The van der Waals surface area contributed by atoms with Crippen LogP contribution in [0.5, 0.6) is 0 Å². The summed E-state index contributed by atoms with van der Waals surface area (Å²) in [6, 6.07) is 3.16. The van der Waals surface area contributed by atoms with Crippen LogP contribution in [-0.4, -0.2) is 32.7 Å². The van der Waals surface area contributed by atoms with Crippen molar-refractivity contribution in [2.45, 2.75) is 26.7 Å². The van der Waals surface area contributed by atoms with Crippen LogP contribution in [0.15, 0.2) is 30.7 Å². The summed E-state index contributed by atoms with van der Waals surface area (Å²) in [4.78, 5) is 20.5. The second-order valence-electron chi connectivity index (χ2n) is 6.65. The molecule has 1 aromatic carbocycles. The highest BCUT2D eigenvalue weighted by molar-refractivity contribution is 5.94. The third kappa shape index (κ3) is 4.16. The molecule has 0 spiro atoms. The van der Waals surface area contributed by atoms with Crippen LogP contribution in [0, 0.1) is 19.7 Å². The summed E-state index contributed by atoms with van der Waals surface area (Å²) in [6.45, 7) is 3.61. The summed E-state index contributed by atoms with van der Waals surface area (Å²) < 4.78 is 16.2. The fraction of sp³-hybridized carbons (Fsp3) is 0.300. The van der Waals surface area contributed by atoms with Gasteiger partial charge in [-0.3, -0.25) is 9.48 Å². The van der Waals surface area contributed by atoms with Crippen molar-refractivity contribution >= 4 is 17.5 Å². The minimum atomic E-state index is -0.279. The predicted molar refractivity (Wildman–Crippen MR) is 105 cm³/mol. The summed E-state index contributed by atoms with van der Waals surface area (Å²) in [7, 11) is 3.42. The fourth-order valence-electron chi connectivity index (χ4n) is 2.87. The van der Waals surface area contributed by atoms with E-state index in [2.05, 4.69) is 25.7 Å². The van der Waals surface area contributed by atoms with Crippen LogP contribution in [0.3, 0.4) is 0 Å². The number of nitrogens with one attached hydrogen (secondary N) is 2. The number of halogens is 1. The van der Waals surface area contributed by atoms with Crippen molar-refractivity contribution in [2.75, 3.05) is 12.4 Å². The van der Waals surface area contributed by atoms with Crippen molar-refractivity contribution in [1.29, 1.82) is 0 Å². The monoisotopic (exact) mass is 382 g/mol. The minimum absolute atomic E-state index is 0.228. The Morgan fingerprint density at radius 2 is 1.86 bits per heavy atom. The van der Waals surface area contributed by atoms with Crippen LogP contribution in [0.1, 0.15) is 32.7 Å². The Balaban J connectivity index is 1.69. The summed E-state index contributed by atoms with van der Waals surface area (Å²) in [5.41, 5.74) is 4.13.